The van der Waals surface area contributed by atoms with Gasteiger partial charge in [0.25, 0.3) is 0 Å². The Bertz CT molecular complexity index is 439. The van der Waals surface area contributed by atoms with E-state index in [4.69, 9.17) is 22.6 Å². The van der Waals surface area contributed by atoms with Gasteiger partial charge in [-0.05, 0) is 30.5 Å². The van der Waals surface area contributed by atoms with Gasteiger partial charge in [-0.1, -0.05) is 11.6 Å². The van der Waals surface area contributed by atoms with Crippen LogP contribution in [0.5, 0.6) is 0 Å². The zero-order valence-corrected chi connectivity index (χ0v) is 8.76. The van der Waals surface area contributed by atoms with Crippen LogP contribution in [0.1, 0.15) is 24.3 Å². The quantitative estimate of drug-likeness (QED) is 0.746. The third-order valence-electron chi connectivity index (χ3n) is 2.92. The van der Waals surface area contributed by atoms with Gasteiger partial charge in [-0.25, -0.2) is 4.39 Å². The van der Waals surface area contributed by atoms with E-state index < -0.39 is 5.82 Å². The fourth-order valence-corrected chi connectivity index (χ4v) is 2.18. The zero-order chi connectivity index (χ0) is 11.0. The molecule has 1 aliphatic carbocycles. The van der Waals surface area contributed by atoms with E-state index in [0.717, 1.165) is 12.8 Å². The van der Waals surface area contributed by atoms with Crippen LogP contribution in [0.25, 0.3) is 0 Å². The first kappa shape index (κ1) is 10.3. The topological polar surface area (TPSA) is 49.8 Å². The third-order valence-corrected chi connectivity index (χ3v) is 3.32. The van der Waals surface area contributed by atoms with E-state index in [1.165, 1.54) is 6.07 Å². The van der Waals surface area contributed by atoms with Crippen molar-refractivity contribution in [3.05, 3.63) is 28.5 Å². The first-order valence-corrected chi connectivity index (χ1v) is 5.15. The molecular formula is C11H10ClFN2. The van der Waals surface area contributed by atoms with Crippen LogP contribution in [-0.2, 0) is 0 Å². The number of nitrogens with zero attached hydrogens (tertiary/aromatic N) is 1. The van der Waals surface area contributed by atoms with Crippen molar-refractivity contribution < 1.29 is 4.39 Å². The second-order valence-electron chi connectivity index (χ2n) is 3.83. The number of rotatable bonds is 1. The lowest BCUT2D eigenvalue weighted by Crippen LogP contribution is -2.22. The Morgan fingerprint density at radius 3 is 2.73 bits per heavy atom. The van der Waals surface area contributed by atoms with E-state index in [1.54, 1.807) is 6.07 Å². The number of halogens is 2. The van der Waals surface area contributed by atoms with Crippen molar-refractivity contribution in [2.45, 2.75) is 18.8 Å². The van der Waals surface area contributed by atoms with Gasteiger partial charge in [0.15, 0.2) is 0 Å². The number of nitrogens with two attached hydrogens (primary N) is 1. The average Bonchev–Trinajstić information content (AvgIpc) is 2.12. The monoisotopic (exact) mass is 224 g/mol. The molecular weight excluding hydrogens is 215 g/mol. The first-order chi connectivity index (χ1) is 7.13. The molecule has 0 heterocycles. The molecule has 1 aliphatic rings. The molecule has 0 aliphatic heterocycles. The van der Waals surface area contributed by atoms with E-state index >= 15 is 0 Å². The largest absolute Gasteiger partial charge is 0.399 e. The third kappa shape index (κ3) is 1.66. The summed E-state index contributed by atoms with van der Waals surface area (Å²) in [6.07, 6.45) is 1.73. The van der Waals surface area contributed by atoms with Crippen molar-refractivity contribution in [2.24, 2.45) is 5.92 Å². The molecule has 0 radical (unpaired) electrons. The molecule has 1 fully saturated rings. The van der Waals surface area contributed by atoms with Gasteiger partial charge in [-0.15, -0.1) is 0 Å². The summed E-state index contributed by atoms with van der Waals surface area (Å²) in [6, 6.07) is 5.06. The molecule has 2 N–H and O–H groups in total. The molecule has 2 atom stereocenters. The highest BCUT2D eigenvalue weighted by Crippen LogP contribution is 2.45. The van der Waals surface area contributed by atoms with Crippen molar-refractivity contribution in [3.8, 4) is 6.07 Å². The summed E-state index contributed by atoms with van der Waals surface area (Å²) in [6.45, 7) is 0. The number of anilines is 1. The van der Waals surface area contributed by atoms with Crippen LogP contribution in [-0.4, -0.2) is 0 Å². The summed E-state index contributed by atoms with van der Waals surface area (Å²) in [5.41, 5.74) is 6.58. The highest BCUT2D eigenvalue weighted by atomic mass is 35.5. The van der Waals surface area contributed by atoms with Crippen LogP contribution in [0, 0.1) is 23.1 Å². The van der Waals surface area contributed by atoms with Gasteiger partial charge in [-0.2, -0.15) is 5.26 Å². The van der Waals surface area contributed by atoms with Gasteiger partial charge in [-0.3, -0.25) is 0 Å². The maximum atomic E-state index is 13.3. The summed E-state index contributed by atoms with van der Waals surface area (Å²) in [5, 5.41) is 8.93. The van der Waals surface area contributed by atoms with Crippen molar-refractivity contribution in [1.82, 2.24) is 0 Å². The molecule has 15 heavy (non-hydrogen) atoms. The van der Waals surface area contributed by atoms with E-state index in [-0.39, 0.29) is 16.9 Å². The van der Waals surface area contributed by atoms with Crippen LogP contribution in [0.15, 0.2) is 12.1 Å². The Balaban J connectivity index is 2.40. The molecule has 1 saturated carbocycles. The number of hydrogen-bond acceptors (Lipinski definition) is 2. The molecule has 2 rings (SSSR count). The van der Waals surface area contributed by atoms with Gasteiger partial charge < -0.3 is 5.73 Å². The minimum Gasteiger partial charge on any atom is -0.399 e. The molecule has 0 saturated heterocycles. The van der Waals surface area contributed by atoms with Crippen molar-refractivity contribution in [3.63, 3.8) is 0 Å². The second-order valence-corrected chi connectivity index (χ2v) is 4.20. The lowest BCUT2D eigenvalue weighted by molar-refractivity contribution is 0.324. The van der Waals surface area contributed by atoms with Crippen LogP contribution in [0.4, 0.5) is 10.1 Å². The van der Waals surface area contributed by atoms with E-state index in [9.17, 15) is 4.39 Å². The summed E-state index contributed by atoms with van der Waals surface area (Å²) < 4.78 is 13.3. The van der Waals surface area contributed by atoms with Crippen molar-refractivity contribution >= 4 is 17.3 Å². The minimum atomic E-state index is -0.504. The van der Waals surface area contributed by atoms with Crippen LogP contribution < -0.4 is 5.73 Å². The normalized spacial score (nSPS) is 24.3. The Morgan fingerprint density at radius 2 is 2.20 bits per heavy atom. The highest BCUT2D eigenvalue weighted by molar-refractivity contribution is 6.31. The Labute approximate surface area is 92.5 Å². The molecule has 78 valence electrons. The van der Waals surface area contributed by atoms with Crippen LogP contribution in [0.3, 0.4) is 0 Å². The summed E-state index contributed by atoms with van der Waals surface area (Å²) >= 11 is 5.86. The van der Waals surface area contributed by atoms with Crippen LogP contribution in [0.2, 0.25) is 5.02 Å². The summed E-state index contributed by atoms with van der Waals surface area (Å²) in [4.78, 5) is 0. The number of nitrogen functional groups attached to an aromatic ring is 1. The fraction of sp³-hybridized carbons (Fsp3) is 0.364. The summed E-state index contributed by atoms with van der Waals surface area (Å²) in [7, 11) is 0. The average molecular weight is 225 g/mol. The molecule has 0 amide bonds. The van der Waals surface area contributed by atoms with Gasteiger partial charge in [0.2, 0.25) is 0 Å². The SMILES string of the molecule is N#C[C@H]1CC[C@H]1c1cc(N)cc(F)c1Cl. The lowest BCUT2D eigenvalue weighted by Gasteiger charge is -2.32. The molecule has 0 spiro atoms. The number of benzene rings is 1. The lowest BCUT2D eigenvalue weighted by atomic mass is 9.71. The zero-order valence-electron chi connectivity index (χ0n) is 8.00. The molecule has 4 heteroatoms. The van der Waals surface area contributed by atoms with Gasteiger partial charge in [0.1, 0.15) is 5.82 Å². The van der Waals surface area contributed by atoms with E-state index in [0.29, 0.717) is 11.3 Å². The van der Waals surface area contributed by atoms with Crippen LogP contribution >= 0.6 is 11.6 Å². The second kappa shape index (κ2) is 3.71. The van der Waals surface area contributed by atoms with Crippen molar-refractivity contribution in [2.75, 3.05) is 5.73 Å². The van der Waals surface area contributed by atoms with E-state index in [2.05, 4.69) is 6.07 Å². The van der Waals surface area contributed by atoms with E-state index in [1.807, 2.05) is 0 Å². The fourth-order valence-electron chi connectivity index (χ4n) is 1.93. The molecule has 0 unspecified atom stereocenters. The Hall–Kier alpha value is -1.27. The van der Waals surface area contributed by atoms with Gasteiger partial charge in [0, 0.05) is 11.6 Å². The predicted molar refractivity (Wildman–Crippen MR) is 56.9 cm³/mol. The summed E-state index contributed by atoms with van der Waals surface area (Å²) in [5.74, 6) is -0.514. The van der Waals surface area contributed by atoms with Gasteiger partial charge in [0.05, 0.1) is 17.0 Å². The maximum Gasteiger partial charge on any atom is 0.144 e. The molecule has 0 aromatic heterocycles. The Morgan fingerprint density at radius 1 is 1.47 bits per heavy atom. The first-order valence-electron chi connectivity index (χ1n) is 4.77. The highest BCUT2D eigenvalue weighted by Gasteiger charge is 2.34. The predicted octanol–water partition coefficient (Wildman–Crippen LogP) is 3.08. The molecule has 1 aromatic carbocycles. The standard InChI is InChI=1S/C11H10ClFN2/c12-11-9(3-7(15)4-10(11)13)8-2-1-6(8)5-14/h3-4,6,8H,1-2,15H2/t6-,8-/m1/s1. The van der Waals surface area contributed by atoms with Gasteiger partial charge >= 0.3 is 0 Å². The molecule has 0 bridgehead atoms. The van der Waals surface area contributed by atoms with Crippen molar-refractivity contribution in [1.29, 1.82) is 5.26 Å². The number of hydrogen-bond donors (Lipinski definition) is 1. The number of nitriles is 1. The smallest absolute Gasteiger partial charge is 0.144 e. The maximum absolute atomic E-state index is 13.3. The minimum absolute atomic E-state index is 0.0421. The Kier molecular flexibility index (Phi) is 2.54. The molecule has 2 nitrogen and oxygen atoms in total. The molecule has 1 aromatic rings.